The van der Waals surface area contributed by atoms with Gasteiger partial charge in [0.05, 0.1) is 5.39 Å². The topological polar surface area (TPSA) is 32.3 Å². The third kappa shape index (κ3) is 3.42. The largest absolute Gasteiger partial charge is 0.353 e. The zero-order valence-electron chi connectivity index (χ0n) is 15.1. The molecule has 2 aliphatic rings. The van der Waals surface area contributed by atoms with Gasteiger partial charge in [-0.05, 0) is 49.0 Å². The predicted molar refractivity (Wildman–Crippen MR) is 102 cm³/mol. The number of piperazine rings is 1. The van der Waals surface area contributed by atoms with Crippen LogP contribution in [-0.2, 0) is 6.42 Å². The van der Waals surface area contributed by atoms with Crippen LogP contribution in [0.4, 0.5) is 5.82 Å². The first-order valence-corrected chi connectivity index (χ1v) is 10.2. The molecule has 2 fully saturated rings. The second-order valence-corrected chi connectivity index (χ2v) is 8.72. The van der Waals surface area contributed by atoms with Crippen LogP contribution >= 0.6 is 11.3 Å². The lowest BCUT2D eigenvalue weighted by Gasteiger charge is -2.36. The Hall–Kier alpha value is -1.20. The van der Waals surface area contributed by atoms with Crippen LogP contribution in [0.3, 0.4) is 0 Å². The Labute approximate surface area is 148 Å². The van der Waals surface area contributed by atoms with Gasteiger partial charge in [0.15, 0.2) is 0 Å². The maximum absolute atomic E-state index is 4.87. The van der Waals surface area contributed by atoms with Crippen LogP contribution in [0, 0.1) is 18.8 Å². The summed E-state index contributed by atoms with van der Waals surface area (Å²) in [5, 5.41) is 3.61. The van der Waals surface area contributed by atoms with Gasteiger partial charge in [0.25, 0.3) is 0 Å². The van der Waals surface area contributed by atoms with Crippen molar-refractivity contribution in [1.29, 1.82) is 0 Å². The highest BCUT2D eigenvalue weighted by atomic mass is 32.1. The average molecular weight is 345 g/mol. The van der Waals surface area contributed by atoms with Crippen LogP contribution in [0.1, 0.15) is 38.1 Å². The summed E-state index contributed by atoms with van der Waals surface area (Å²) >= 11 is 1.78. The van der Waals surface area contributed by atoms with Gasteiger partial charge in [-0.1, -0.05) is 13.8 Å². The Morgan fingerprint density at radius 3 is 2.58 bits per heavy atom. The van der Waals surface area contributed by atoms with Gasteiger partial charge in [-0.25, -0.2) is 9.97 Å². The number of anilines is 1. The second-order valence-electron chi connectivity index (χ2n) is 7.86. The first kappa shape index (κ1) is 16.3. The fourth-order valence-electron chi connectivity index (χ4n) is 3.71. The molecule has 0 N–H and O–H groups in total. The van der Waals surface area contributed by atoms with E-state index in [0.29, 0.717) is 5.92 Å². The van der Waals surface area contributed by atoms with Crippen LogP contribution in [0.2, 0.25) is 0 Å². The van der Waals surface area contributed by atoms with E-state index in [2.05, 4.69) is 29.0 Å². The van der Waals surface area contributed by atoms with Gasteiger partial charge >= 0.3 is 0 Å². The molecule has 0 bridgehead atoms. The molecule has 3 heterocycles. The normalized spacial score (nSPS) is 19.6. The van der Waals surface area contributed by atoms with Crippen LogP contribution in [0.15, 0.2) is 5.38 Å². The number of nitrogens with zero attached hydrogens (tertiary/aromatic N) is 4. The molecule has 0 spiro atoms. The molecule has 1 saturated carbocycles. The Kier molecular flexibility index (Phi) is 4.48. The van der Waals surface area contributed by atoms with Crippen molar-refractivity contribution >= 4 is 27.4 Å². The molecule has 4 nitrogen and oxygen atoms in total. The lowest BCUT2D eigenvalue weighted by molar-refractivity contribution is 0.248. The highest BCUT2D eigenvalue weighted by Gasteiger charge is 2.27. The van der Waals surface area contributed by atoms with E-state index in [0.717, 1.165) is 36.1 Å². The van der Waals surface area contributed by atoms with Crippen LogP contribution in [0.25, 0.3) is 10.2 Å². The lowest BCUT2D eigenvalue weighted by Crippen LogP contribution is -2.47. The molecule has 5 heteroatoms. The van der Waals surface area contributed by atoms with E-state index in [-0.39, 0.29) is 0 Å². The molecule has 0 atom stereocenters. The molecule has 0 amide bonds. The molecule has 130 valence electrons. The fraction of sp³-hybridized carbons (Fsp3) is 0.684. The van der Waals surface area contributed by atoms with Crippen molar-refractivity contribution in [2.24, 2.45) is 11.8 Å². The third-order valence-electron chi connectivity index (χ3n) is 5.12. The van der Waals surface area contributed by atoms with Crippen molar-refractivity contribution in [2.75, 3.05) is 37.6 Å². The highest BCUT2D eigenvalue weighted by Crippen LogP contribution is 2.34. The van der Waals surface area contributed by atoms with Crippen molar-refractivity contribution < 1.29 is 0 Å². The number of aryl methyl sites for hydroxylation is 1. The molecule has 2 aromatic heterocycles. The molecule has 1 aliphatic carbocycles. The molecule has 1 saturated heterocycles. The molecule has 2 aromatic rings. The van der Waals surface area contributed by atoms with Gasteiger partial charge in [0.1, 0.15) is 16.5 Å². The van der Waals surface area contributed by atoms with Crippen molar-refractivity contribution in [3.63, 3.8) is 0 Å². The Morgan fingerprint density at radius 2 is 1.92 bits per heavy atom. The van der Waals surface area contributed by atoms with Crippen molar-refractivity contribution in [1.82, 2.24) is 14.9 Å². The summed E-state index contributed by atoms with van der Waals surface area (Å²) in [5.74, 6) is 3.72. The Bertz CT molecular complexity index is 711. The van der Waals surface area contributed by atoms with E-state index < -0.39 is 0 Å². The number of fused-ring (bicyclic) bond motifs is 1. The second kappa shape index (κ2) is 6.60. The first-order chi connectivity index (χ1) is 11.6. The monoisotopic (exact) mass is 344 g/mol. The van der Waals surface area contributed by atoms with E-state index in [1.54, 1.807) is 11.3 Å². The molecular weight excluding hydrogens is 316 g/mol. The molecule has 24 heavy (non-hydrogen) atoms. The summed E-state index contributed by atoms with van der Waals surface area (Å²) in [6.45, 7) is 12.4. The smallest absolute Gasteiger partial charge is 0.141 e. The molecule has 0 aromatic carbocycles. The number of aromatic nitrogens is 2. The summed E-state index contributed by atoms with van der Waals surface area (Å²) in [6.07, 6.45) is 4.00. The van der Waals surface area contributed by atoms with Crippen LogP contribution < -0.4 is 4.90 Å². The number of hydrogen-bond donors (Lipinski definition) is 0. The minimum absolute atomic E-state index is 0.660. The van der Waals surface area contributed by atoms with E-state index in [1.807, 2.05) is 6.92 Å². The summed E-state index contributed by atoms with van der Waals surface area (Å²) in [6, 6.07) is 0. The van der Waals surface area contributed by atoms with Gasteiger partial charge in [0, 0.05) is 32.7 Å². The first-order valence-electron chi connectivity index (χ1n) is 9.32. The Balaban J connectivity index is 1.59. The Morgan fingerprint density at radius 1 is 1.17 bits per heavy atom. The van der Waals surface area contributed by atoms with Crippen LogP contribution in [-0.4, -0.2) is 47.6 Å². The molecule has 0 radical (unpaired) electrons. The highest BCUT2D eigenvalue weighted by molar-refractivity contribution is 7.17. The lowest BCUT2D eigenvalue weighted by atomic mass is 10.0. The molecule has 0 unspecified atom stereocenters. The van der Waals surface area contributed by atoms with E-state index >= 15 is 0 Å². The van der Waals surface area contributed by atoms with Gasteiger partial charge < -0.3 is 4.90 Å². The van der Waals surface area contributed by atoms with Crippen molar-refractivity contribution in [2.45, 2.75) is 40.0 Å². The number of rotatable bonds is 5. The number of thiophene rings is 1. The minimum Gasteiger partial charge on any atom is -0.353 e. The van der Waals surface area contributed by atoms with Gasteiger partial charge in [-0.2, -0.15) is 0 Å². The quantitative estimate of drug-likeness (QED) is 0.827. The van der Waals surface area contributed by atoms with Gasteiger partial charge in [-0.15, -0.1) is 11.3 Å². The SMILES string of the molecule is Cc1nc(N2CCN(CC3CC3)CC2)c2c(CC(C)C)csc2n1. The maximum atomic E-state index is 4.87. The molecule has 4 rings (SSSR count). The average Bonchev–Trinajstić information content (AvgIpc) is 3.27. The summed E-state index contributed by atoms with van der Waals surface area (Å²) < 4.78 is 0. The van der Waals surface area contributed by atoms with E-state index in [4.69, 9.17) is 9.97 Å². The van der Waals surface area contributed by atoms with Gasteiger partial charge in [-0.3, -0.25) is 4.90 Å². The standard InChI is InChI=1S/C19H28N4S/c1-13(2)10-16-12-24-19-17(16)18(20-14(3)21-19)23-8-6-22(7-9-23)11-15-4-5-15/h12-13,15H,4-11H2,1-3H3. The summed E-state index contributed by atoms with van der Waals surface area (Å²) in [5.41, 5.74) is 1.43. The summed E-state index contributed by atoms with van der Waals surface area (Å²) in [7, 11) is 0. The maximum Gasteiger partial charge on any atom is 0.141 e. The number of hydrogen-bond acceptors (Lipinski definition) is 5. The third-order valence-corrected chi connectivity index (χ3v) is 6.04. The predicted octanol–water partition coefficient (Wildman–Crippen LogP) is 3.73. The van der Waals surface area contributed by atoms with Gasteiger partial charge in [0.2, 0.25) is 0 Å². The minimum atomic E-state index is 0.660. The van der Waals surface area contributed by atoms with E-state index in [9.17, 15) is 0 Å². The van der Waals surface area contributed by atoms with Crippen LogP contribution in [0.5, 0.6) is 0 Å². The van der Waals surface area contributed by atoms with E-state index in [1.165, 1.54) is 49.2 Å². The zero-order valence-corrected chi connectivity index (χ0v) is 15.9. The zero-order chi connectivity index (χ0) is 16.7. The van der Waals surface area contributed by atoms with Crippen molar-refractivity contribution in [3.05, 3.63) is 16.8 Å². The summed E-state index contributed by atoms with van der Waals surface area (Å²) in [4.78, 5) is 15.9. The molecule has 1 aliphatic heterocycles. The van der Waals surface area contributed by atoms with Crippen molar-refractivity contribution in [3.8, 4) is 0 Å². The molecular formula is C19H28N4S. The fourth-order valence-corrected chi connectivity index (χ4v) is 4.70.